The van der Waals surface area contributed by atoms with E-state index in [9.17, 15) is 14.0 Å². The quantitative estimate of drug-likeness (QED) is 0.821. The fraction of sp³-hybridized carbons (Fsp3) is 0.385. The molecule has 0 heterocycles. The average molecular weight is 348 g/mol. The standard InChI is InChI=1S/C13H15BrFNO4/c1-2-16(6-5-13(18)19)12(17)8-20-11-4-3-9(15)7-10(11)14/h3-4,7H,2,5-6,8H2,1H3,(H,18,19). The first-order chi connectivity index (χ1) is 9.43. The van der Waals surface area contributed by atoms with E-state index in [0.29, 0.717) is 16.8 Å². The van der Waals surface area contributed by atoms with Crippen LogP contribution in [0.5, 0.6) is 5.75 Å². The molecule has 1 aromatic carbocycles. The van der Waals surface area contributed by atoms with Crippen LogP contribution in [0.3, 0.4) is 0 Å². The molecule has 0 atom stereocenters. The van der Waals surface area contributed by atoms with E-state index in [0.717, 1.165) is 0 Å². The summed E-state index contributed by atoms with van der Waals surface area (Å²) in [4.78, 5) is 23.7. The van der Waals surface area contributed by atoms with Crippen LogP contribution in [0.25, 0.3) is 0 Å². The Morgan fingerprint density at radius 3 is 2.70 bits per heavy atom. The van der Waals surface area contributed by atoms with E-state index in [4.69, 9.17) is 9.84 Å². The summed E-state index contributed by atoms with van der Waals surface area (Å²) in [5.74, 6) is -1.33. The third kappa shape index (κ3) is 5.16. The first-order valence-electron chi connectivity index (χ1n) is 6.01. The highest BCUT2D eigenvalue weighted by Crippen LogP contribution is 2.25. The highest BCUT2D eigenvalue weighted by atomic mass is 79.9. The third-order valence-corrected chi connectivity index (χ3v) is 3.19. The molecule has 1 aromatic rings. The molecule has 7 heteroatoms. The number of hydrogen-bond acceptors (Lipinski definition) is 3. The number of carboxylic acid groups (broad SMARTS) is 1. The summed E-state index contributed by atoms with van der Waals surface area (Å²) in [7, 11) is 0. The van der Waals surface area contributed by atoms with Crippen molar-refractivity contribution in [2.75, 3.05) is 19.7 Å². The summed E-state index contributed by atoms with van der Waals surface area (Å²) in [6, 6.07) is 3.88. The minimum Gasteiger partial charge on any atom is -0.483 e. The van der Waals surface area contributed by atoms with Crippen LogP contribution in [0.2, 0.25) is 0 Å². The Morgan fingerprint density at radius 1 is 1.45 bits per heavy atom. The van der Waals surface area contributed by atoms with Crippen molar-refractivity contribution < 1.29 is 23.8 Å². The summed E-state index contributed by atoms with van der Waals surface area (Å²) in [5.41, 5.74) is 0. The van der Waals surface area contributed by atoms with Crippen LogP contribution in [0, 0.1) is 5.82 Å². The Labute approximate surface area is 124 Å². The van der Waals surface area contributed by atoms with Crippen LogP contribution in [0.1, 0.15) is 13.3 Å². The van der Waals surface area contributed by atoms with Crippen LogP contribution in [0.4, 0.5) is 4.39 Å². The summed E-state index contributed by atoms with van der Waals surface area (Å²) in [6.45, 7) is 2.07. The number of ether oxygens (including phenoxy) is 1. The molecule has 1 amide bonds. The topological polar surface area (TPSA) is 66.8 Å². The second-order valence-electron chi connectivity index (χ2n) is 3.98. The number of carbonyl (C=O) groups is 2. The molecular formula is C13H15BrFNO4. The number of likely N-dealkylation sites (N-methyl/N-ethyl adjacent to an activating group) is 1. The van der Waals surface area contributed by atoms with Crippen LogP contribution < -0.4 is 4.74 Å². The lowest BCUT2D eigenvalue weighted by atomic mass is 10.3. The molecule has 0 aliphatic rings. The number of hydrogen-bond donors (Lipinski definition) is 1. The fourth-order valence-corrected chi connectivity index (χ4v) is 1.98. The normalized spacial score (nSPS) is 10.2. The van der Waals surface area contributed by atoms with Crippen molar-refractivity contribution in [3.05, 3.63) is 28.5 Å². The van der Waals surface area contributed by atoms with E-state index >= 15 is 0 Å². The number of aliphatic carboxylic acids is 1. The smallest absolute Gasteiger partial charge is 0.305 e. The molecule has 110 valence electrons. The van der Waals surface area contributed by atoms with E-state index in [2.05, 4.69) is 15.9 Å². The zero-order chi connectivity index (χ0) is 15.1. The van der Waals surface area contributed by atoms with Gasteiger partial charge in [-0.2, -0.15) is 0 Å². The third-order valence-electron chi connectivity index (χ3n) is 2.58. The Balaban J connectivity index is 2.54. The molecule has 0 spiro atoms. The van der Waals surface area contributed by atoms with Gasteiger partial charge in [0.1, 0.15) is 11.6 Å². The first kappa shape index (κ1) is 16.4. The molecule has 0 fully saturated rings. The number of amides is 1. The van der Waals surface area contributed by atoms with Gasteiger partial charge in [0.25, 0.3) is 5.91 Å². The van der Waals surface area contributed by atoms with E-state index in [1.54, 1.807) is 6.92 Å². The number of carboxylic acids is 1. The zero-order valence-corrected chi connectivity index (χ0v) is 12.5. The molecule has 20 heavy (non-hydrogen) atoms. The van der Waals surface area contributed by atoms with E-state index in [1.165, 1.54) is 23.1 Å². The van der Waals surface area contributed by atoms with Gasteiger partial charge in [0.05, 0.1) is 10.9 Å². The van der Waals surface area contributed by atoms with Gasteiger partial charge < -0.3 is 14.7 Å². The summed E-state index contributed by atoms with van der Waals surface area (Å²) in [6.07, 6.45) is -0.111. The summed E-state index contributed by atoms with van der Waals surface area (Å²) < 4.78 is 18.6. The van der Waals surface area contributed by atoms with Gasteiger partial charge in [0, 0.05) is 13.1 Å². The minimum absolute atomic E-state index is 0.111. The Kier molecular flexibility index (Phi) is 6.44. The Bertz CT molecular complexity index is 495. The van der Waals surface area contributed by atoms with Crippen molar-refractivity contribution in [3.63, 3.8) is 0 Å². The lowest BCUT2D eigenvalue weighted by Gasteiger charge is -2.20. The molecule has 0 unspecified atom stereocenters. The van der Waals surface area contributed by atoms with Crippen molar-refractivity contribution in [2.45, 2.75) is 13.3 Å². The zero-order valence-electron chi connectivity index (χ0n) is 10.9. The second-order valence-corrected chi connectivity index (χ2v) is 4.83. The molecule has 0 saturated heterocycles. The van der Waals surface area contributed by atoms with E-state index in [-0.39, 0.29) is 25.5 Å². The van der Waals surface area contributed by atoms with Crippen molar-refractivity contribution in [3.8, 4) is 5.75 Å². The molecule has 1 N–H and O–H groups in total. The fourth-order valence-electron chi connectivity index (χ4n) is 1.51. The molecule has 0 aliphatic heterocycles. The molecule has 0 radical (unpaired) electrons. The highest BCUT2D eigenvalue weighted by molar-refractivity contribution is 9.10. The van der Waals surface area contributed by atoms with Crippen molar-refractivity contribution in [1.82, 2.24) is 4.90 Å². The van der Waals surface area contributed by atoms with Crippen LogP contribution >= 0.6 is 15.9 Å². The predicted octanol–water partition coefficient (Wildman–Crippen LogP) is 2.29. The van der Waals surface area contributed by atoms with Gasteiger partial charge in [0.15, 0.2) is 6.61 Å². The highest BCUT2D eigenvalue weighted by Gasteiger charge is 2.14. The van der Waals surface area contributed by atoms with Crippen LogP contribution in [-0.4, -0.2) is 41.6 Å². The van der Waals surface area contributed by atoms with E-state index < -0.39 is 11.8 Å². The maximum absolute atomic E-state index is 12.9. The number of nitrogens with zero attached hydrogens (tertiary/aromatic N) is 1. The summed E-state index contributed by atoms with van der Waals surface area (Å²) >= 11 is 3.13. The lowest BCUT2D eigenvalue weighted by Crippen LogP contribution is -2.36. The van der Waals surface area contributed by atoms with Crippen molar-refractivity contribution in [1.29, 1.82) is 0 Å². The van der Waals surface area contributed by atoms with Crippen molar-refractivity contribution in [2.24, 2.45) is 0 Å². The molecule has 0 aromatic heterocycles. The monoisotopic (exact) mass is 347 g/mol. The van der Waals surface area contributed by atoms with E-state index in [1.807, 2.05) is 0 Å². The Hall–Kier alpha value is -1.63. The number of carbonyl (C=O) groups excluding carboxylic acids is 1. The molecule has 0 bridgehead atoms. The van der Waals surface area contributed by atoms with Gasteiger partial charge in [-0.25, -0.2) is 4.39 Å². The van der Waals surface area contributed by atoms with Crippen LogP contribution in [0.15, 0.2) is 22.7 Å². The van der Waals surface area contributed by atoms with Gasteiger partial charge in [-0.05, 0) is 41.1 Å². The molecule has 0 saturated carbocycles. The van der Waals surface area contributed by atoms with Gasteiger partial charge in [-0.15, -0.1) is 0 Å². The SMILES string of the molecule is CCN(CCC(=O)O)C(=O)COc1ccc(F)cc1Br. The first-order valence-corrected chi connectivity index (χ1v) is 6.80. The molecule has 0 aliphatic carbocycles. The van der Waals surface area contributed by atoms with Gasteiger partial charge in [0.2, 0.25) is 0 Å². The molecule has 1 rings (SSSR count). The average Bonchev–Trinajstić information content (AvgIpc) is 2.38. The van der Waals surface area contributed by atoms with Crippen molar-refractivity contribution >= 4 is 27.8 Å². The number of halogens is 2. The van der Waals surface area contributed by atoms with Gasteiger partial charge in [-0.3, -0.25) is 9.59 Å². The molecule has 5 nitrogen and oxygen atoms in total. The Morgan fingerprint density at radius 2 is 2.15 bits per heavy atom. The maximum Gasteiger partial charge on any atom is 0.305 e. The van der Waals surface area contributed by atoms with Crippen LogP contribution in [-0.2, 0) is 9.59 Å². The van der Waals surface area contributed by atoms with Gasteiger partial charge >= 0.3 is 5.97 Å². The number of benzene rings is 1. The predicted molar refractivity (Wildman–Crippen MR) is 74.1 cm³/mol. The maximum atomic E-state index is 12.9. The number of rotatable bonds is 7. The summed E-state index contributed by atoms with van der Waals surface area (Å²) in [5, 5.41) is 8.60. The largest absolute Gasteiger partial charge is 0.483 e. The lowest BCUT2D eigenvalue weighted by molar-refractivity contribution is -0.139. The minimum atomic E-state index is -0.960. The molecular weight excluding hydrogens is 333 g/mol. The second kappa shape index (κ2) is 7.84. The van der Waals surface area contributed by atoms with Gasteiger partial charge in [-0.1, -0.05) is 0 Å².